The summed E-state index contributed by atoms with van der Waals surface area (Å²) in [7, 11) is 1.25. The average Bonchev–Trinajstić information content (AvgIpc) is 2.81. The van der Waals surface area contributed by atoms with E-state index in [2.05, 4.69) is 9.97 Å². The summed E-state index contributed by atoms with van der Waals surface area (Å²) in [5.74, 6) is -4.45. The second kappa shape index (κ2) is 9.06. The van der Waals surface area contributed by atoms with Gasteiger partial charge in [0, 0.05) is 47.8 Å². The fourth-order valence-electron chi connectivity index (χ4n) is 4.47. The molecule has 0 saturated carbocycles. The van der Waals surface area contributed by atoms with E-state index in [1.54, 1.807) is 19.1 Å². The highest BCUT2D eigenvalue weighted by atomic mass is 19.1. The molecule has 2 unspecified atom stereocenters. The minimum absolute atomic E-state index is 0.0406. The number of benzene rings is 1. The highest BCUT2D eigenvalue weighted by Crippen LogP contribution is 2.47. The van der Waals surface area contributed by atoms with Gasteiger partial charge in [0.1, 0.15) is 28.8 Å². The van der Waals surface area contributed by atoms with E-state index in [9.17, 15) is 13.6 Å². The Morgan fingerprint density at radius 3 is 2.50 bits per heavy atom. The third-order valence-corrected chi connectivity index (χ3v) is 6.43. The quantitative estimate of drug-likeness (QED) is 0.566. The van der Waals surface area contributed by atoms with Crippen LogP contribution in [0, 0.1) is 23.4 Å². The standard InChI is InChI=1S/C25H24F3N3O3/c1-13-6-5-9-34-25(13,2)20-18(14-7-4-8-30-12-14)23(24(29)32)31-22(21(20)28)19-16(26)10-15(33-3)11-17(19)27/h4,7-8,10-13H,5-6,9H2,1-3H3,(H2,29,32). The van der Waals surface area contributed by atoms with Crippen molar-refractivity contribution in [1.29, 1.82) is 0 Å². The summed E-state index contributed by atoms with van der Waals surface area (Å²) in [6.07, 6.45) is 4.45. The molecule has 34 heavy (non-hydrogen) atoms. The molecule has 0 spiro atoms. The molecule has 2 aromatic heterocycles. The summed E-state index contributed by atoms with van der Waals surface area (Å²) in [5.41, 5.74) is 3.12. The predicted molar refractivity (Wildman–Crippen MR) is 120 cm³/mol. The number of amides is 1. The number of carbonyl (C=O) groups is 1. The zero-order valence-electron chi connectivity index (χ0n) is 19.0. The molecule has 4 rings (SSSR count). The summed E-state index contributed by atoms with van der Waals surface area (Å²) in [5, 5.41) is 0. The Kier molecular flexibility index (Phi) is 6.31. The van der Waals surface area contributed by atoms with Gasteiger partial charge >= 0.3 is 0 Å². The minimum Gasteiger partial charge on any atom is -0.497 e. The van der Waals surface area contributed by atoms with Gasteiger partial charge in [0.2, 0.25) is 0 Å². The Morgan fingerprint density at radius 2 is 1.94 bits per heavy atom. The Bertz CT molecular complexity index is 1230. The molecule has 1 aliphatic heterocycles. The first-order chi connectivity index (χ1) is 16.2. The zero-order chi connectivity index (χ0) is 24.6. The van der Waals surface area contributed by atoms with Gasteiger partial charge < -0.3 is 15.2 Å². The second-order valence-corrected chi connectivity index (χ2v) is 8.44. The minimum atomic E-state index is -1.23. The largest absolute Gasteiger partial charge is 0.497 e. The van der Waals surface area contributed by atoms with Gasteiger partial charge in [-0.2, -0.15) is 0 Å². The van der Waals surface area contributed by atoms with E-state index < -0.39 is 40.2 Å². The van der Waals surface area contributed by atoms with Crippen molar-refractivity contribution in [3.05, 3.63) is 65.4 Å². The molecule has 9 heteroatoms. The highest BCUT2D eigenvalue weighted by Gasteiger charge is 2.43. The maximum absolute atomic E-state index is 16.4. The Balaban J connectivity index is 2.14. The van der Waals surface area contributed by atoms with Crippen molar-refractivity contribution in [2.75, 3.05) is 13.7 Å². The SMILES string of the molecule is COc1cc(F)c(-c2nc(C(N)=O)c(-c3cccnc3)c(C3(C)OCCCC3C)c2F)c(F)c1. The number of hydrogen-bond donors (Lipinski definition) is 1. The molecular weight excluding hydrogens is 447 g/mol. The molecule has 0 aliphatic carbocycles. The van der Waals surface area contributed by atoms with E-state index in [1.165, 1.54) is 19.5 Å². The molecule has 1 aliphatic rings. The third kappa shape index (κ3) is 3.90. The van der Waals surface area contributed by atoms with Gasteiger partial charge in [-0.3, -0.25) is 9.78 Å². The Labute approximate surface area is 194 Å². The van der Waals surface area contributed by atoms with E-state index in [-0.39, 0.29) is 28.5 Å². The average molecular weight is 471 g/mol. The number of methoxy groups -OCH3 is 1. The van der Waals surface area contributed by atoms with Crippen LogP contribution >= 0.6 is 0 Å². The fraction of sp³-hybridized carbons (Fsp3) is 0.320. The summed E-state index contributed by atoms with van der Waals surface area (Å²) in [4.78, 5) is 20.7. The van der Waals surface area contributed by atoms with Crippen LogP contribution in [-0.4, -0.2) is 29.6 Å². The number of nitrogens with zero attached hydrogens (tertiary/aromatic N) is 2. The van der Waals surface area contributed by atoms with Crippen LogP contribution in [0.4, 0.5) is 13.2 Å². The molecule has 2 N–H and O–H groups in total. The number of aromatic nitrogens is 2. The highest BCUT2D eigenvalue weighted by molar-refractivity contribution is 6.00. The fourth-order valence-corrected chi connectivity index (χ4v) is 4.47. The maximum Gasteiger partial charge on any atom is 0.267 e. The number of carbonyl (C=O) groups excluding carboxylic acids is 1. The number of primary amides is 1. The molecule has 3 aromatic rings. The molecule has 6 nitrogen and oxygen atoms in total. The third-order valence-electron chi connectivity index (χ3n) is 6.43. The lowest BCUT2D eigenvalue weighted by atomic mass is 9.75. The van der Waals surface area contributed by atoms with Gasteiger partial charge in [-0.05, 0) is 31.7 Å². The smallest absolute Gasteiger partial charge is 0.267 e. The van der Waals surface area contributed by atoms with E-state index in [0.717, 1.165) is 25.0 Å². The van der Waals surface area contributed by atoms with Gasteiger partial charge in [0.05, 0.1) is 18.3 Å². The summed E-state index contributed by atoms with van der Waals surface area (Å²) in [6, 6.07) is 5.08. The number of pyridine rings is 2. The van der Waals surface area contributed by atoms with Gasteiger partial charge in [0.25, 0.3) is 5.91 Å². The van der Waals surface area contributed by atoms with E-state index >= 15 is 4.39 Å². The van der Waals surface area contributed by atoms with Crippen LogP contribution in [0.3, 0.4) is 0 Å². The van der Waals surface area contributed by atoms with Gasteiger partial charge in [0.15, 0.2) is 5.82 Å². The lowest BCUT2D eigenvalue weighted by molar-refractivity contribution is -0.108. The van der Waals surface area contributed by atoms with Crippen LogP contribution in [-0.2, 0) is 10.3 Å². The number of halogens is 3. The number of rotatable bonds is 5. The van der Waals surface area contributed by atoms with E-state index in [0.29, 0.717) is 12.2 Å². The Hall–Kier alpha value is -3.46. The van der Waals surface area contributed by atoms with Crippen molar-refractivity contribution in [3.63, 3.8) is 0 Å². The van der Waals surface area contributed by atoms with Crippen LogP contribution in [0.1, 0.15) is 42.7 Å². The van der Waals surface area contributed by atoms with Crippen LogP contribution in [0.15, 0.2) is 36.7 Å². The molecule has 1 saturated heterocycles. The van der Waals surface area contributed by atoms with Crippen molar-refractivity contribution >= 4 is 5.91 Å². The summed E-state index contributed by atoms with van der Waals surface area (Å²) >= 11 is 0. The molecule has 1 amide bonds. The van der Waals surface area contributed by atoms with Crippen LogP contribution in [0.5, 0.6) is 5.75 Å². The van der Waals surface area contributed by atoms with Crippen molar-refractivity contribution in [3.8, 4) is 28.1 Å². The number of hydrogen-bond acceptors (Lipinski definition) is 5. The monoisotopic (exact) mass is 471 g/mol. The molecule has 1 fully saturated rings. The number of nitrogens with two attached hydrogens (primary N) is 1. The topological polar surface area (TPSA) is 87.3 Å². The van der Waals surface area contributed by atoms with E-state index in [4.69, 9.17) is 15.2 Å². The molecule has 178 valence electrons. The molecule has 0 bridgehead atoms. The van der Waals surface area contributed by atoms with Crippen molar-refractivity contribution in [2.24, 2.45) is 11.7 Å². The molecule has 0 radical (unpaired) electrons. The normalized spacial score (nSPS) is 20.2. The van der Waals surface area contributed by atoms with Crippen molar-refractivity contribution < 1.29 is 27.4 Å². The first-order valence-electron chi connectivity index (χ1n) is 10.8. The summed E-state index contributed by atoms with van der Waals surface area (Å²) in [6.45, 7) is 3.94. The lowest BCUT2D eigenvalue weighted by Crippen LogP contribution is -2.40. The van der Waals surface area contributed by atoms with Gasteiger partial charge in [-0.1, -0.05) is 13.0 Å². The van der Waals surface area contributed by atoms with Crippen LogP contribution < -0.4 is 10.5 Å². The maximum atomic E-state index is 16.4. The van der Waals surface area contributed by atoms with Gasteiger partial charge in [-0.15, -0.1) is 0 Å². The van der Waals surface area contributed by atoms with Gasteiger partial charge in [-0.25, -0.2) is 18.2 Å². The lowest BCUT2D eigenvalue weighted by Gasteiger charge is -2.41. The van der Waals surface area contributed by atoms with Crippen molar-refractivity contribution in [1.82, 2.24) is 9.97 Å². The molecular formula is C25H24F3N3O3. The second-order valence-electron chi connectivity index (χ2n) is 8.44. The van der Waals surface area contributed by atoms with Crippen LogP contribution in [0.2, 0.25) is 0 Å². The molecule has 2 atom stereocenters. The molecule has 3 heterocycles. The zero-order valence-corrected chi connectivity index (χ0v) is 19.0. The first kappa shape index (κ1) is 23.7. The first-order valence-corrected chi connectivity index (χ1v) is 10.8. The van der Waals surface area contributed by atoms with Crippen molar-refractivity contribution in [2.45, 2.75) is 32.3 Å². The number of ether oxygens (including phenoxy) is 2. The Morgan fingerprint density at radius 1 is 1.24 bits per heavy atom. The van der Waals surface area contributed by atoms with E-state index in [1.807, 2.05) is 6.92 Å². The molecule has 1 aromatic carbocycles. The van der Waals surface area contributed by atoms with Crippen LogP contribution in [0.25, 0.3) is 22.4 Å². The predicted octanol–water partition coefficient (Wildman–Crippen LogP) is 5.00. The summed E-state index contributed by atoms with van der Waals surface area (Å²) < 4.78 is 57.3.